The van der Waals surface area contributed by atoms with Crippen LogP contribution in [0.1, 0.15) is 21.6 Å². The minimum Gasteiger partial charge on any atom is -0.496 e. The summed E-state index contributed by atoms with van der Waals surface area (Å²) in [5.41, 5.74) is 2.13. The molecule has 11 nitrogen and oxygen atoms in total. The lowest BCUT2D eigenvalue weighted by atomic mass is 10.1. The average molecular weight is 453 g/mol. The van der Waals surface area contributed by atoms with E-state index in [4.69, 9.17) is 4.74 Å². The molecule has 164 valence electrons. The lowest BCUT2D eigenvalue weighted by molar-refractivity contribution is 0.0593. The average Bonchev–Trinajstić information content (AvgIpc) is 3.58. The molecule has 0 atom stereocenters. The van der Waals surface area contributed by atoms with E-state index in [1.54, 1.807) is 41.1 Å². The SMILES string of the molecule is COC(=O)c1ccn(CSc2nncn2N=Cc2ccc(OC)c(Cn3cccn3)c2)n1. The second-order valence-corrected chi connectivity index (χ2v) is 7.40. The minimum absolute atomic E-state index is 0.248. The first-order valence-electron chi connectivity index (χ1n) is 9.49. The molecule has 0 aliphatic heterocycles. The standard InChI is InChI=1S/C20H20N8O3S/c1-30-18-5-4-15(10-16(18)12-26-8-3-7-22-26)11-23-28-13-21-24-20(28)32-14-27-9-6-17(25-27)19(29)31-2/h3-11,13H,12,14H2,1-2H3. The highest BCUT2D eigenvalue weighted by molar-refractivity contribution is 7.98. The van der Waals surface area contributed by atoms with Crippen molar-refractivity contribution in [2.75, 3.05) is 14.2 Å². The number of esters is 1. The Labute approximate surface area is 187 Å². The van der Waals surface area contributed by atoms with E-state index in [2.05, 4.69) is 30.2 Å². The van der Waals surface area contributed by atoms with E-state index >= 15 is 0 Å². The lowest BCUT2D eigenvalue weighted by Gasteiger charge is -2.09. The van der Waals surface area contributed by atoms with Crippen molar-refractivity contribution in [2.45, 2.75) is 17.6 Å². The zero-order valence-corrected chi connectivity index (χ0v) is 18.2. The third kappa shape index (κ3) is 5.03. The zero-order valence-electron chi connectivity index (χ0n) is 17.4. The van der Waals surface area contributed by atoms with Gasteiger partial charge >= 0.3 is 5.97 Å². The predicted octanol–water partition coefficient (Wildman–Crippen LogP) is 2.15. The van der Waals surface area contributed by atoms with Crippen molar-refractivity contribution in [3.05, 3.63) is 72.1 Å². The maximum Gasteiger partial charge on any atom is 0.358 e. The number of thioether (sulfide) groups is 1. The number of hydrogen-bond acceptors (Lipinski definition) is 9. The molecule has 0 N–H and O–H groups in total. The van der Waals surface area contributed by atoms with Gasteiger partial charge in [-0.1, -0.05) is 11.8 Å². The second-order valence-electron chi connectivity index (χ2n) is 6.48. The van der Waals surface area contributed by atoms with Crippen molar-refractivity contribution in [1.29, 1.82) is 0 Å². The second kappa shape index (κ2) is 9.92. The van der Waals surface area contributed by atoms with Gasteiger partial charge in [0.05, 0.1) is 32.9 Å². The summed E-state index contributed by atoms with van der Waals surface area (Å²) >= 11 is 1.38. The van der Waals surface area contributed by atoms with Crippen LogP contribution in [0.15, 0.2) is 65.5 Å². The number of ether oxygens (including phenoxy) is 2. The molecule has 32 heavy (non-hydrogen) atoms. The Bertz CT molecular complexity index is 1220. The number of benzene rings is 1. The summed E-state index contributed by atoms with van der Waals surface area (Å²) in [5.74, 6) is 0.735. The maximum absolute atomic E-state index is 11.5. The molecule has 0 bridgehead atoms. The molecule has 0 saturated heterocycles. The molecular weight excluding hydrogens is 432 g/mol. The van der Waals surface area contributed by atoms with Crippen LogP contribution >= 0.6 is 11.8 Å². The number of methoxy groups -OCH3 is 2. The Hall–Kier alpha value is -3.93. The van der Waals surface area contributed by atoms with Gasteiger partial charge in [0.2, 0.25) is 5.16 Å². The smallest absolute Gasteiger partial charge is 0.358 e. The van der Waals surface area contributed by atoms with Gasteiger partial charge in [0.15, 0.2) is 5.69 Å². The van der Waals surface area contributed by atoms with Crippen molar-refractivity contribution < 1.29 is 14.3 Å². The van der Waals surface area contributed by atoms with Gasteiger partial charge in [0, 0.05) is 24.2 Å². The molecule has 0 fully saturated rings. The van der Waals surface area contributed by atoms with E-state index < -0.39 is 5.97 Å². The molecule has 3 aromatic heterocycles. The number of carbonyl (C=O) groups excluding carboxylic acids is 1. The first kappa shape index (κ1) is 21.3. The van der Waals surface area contributed by atoms with Crippen LogP contribution in [0.4, 0.5) is 0 Å². The first-order valence-corrected chi connectivity index (χ1v) is 10.5. The highest BCUT2D eigenvalue weighted by Crippen LogP contribution is 2.21. The van der Waals surface area contributed by atoms with E-state index in [1.165, 1.54) is 25.2 Å². The molecule has 0 radical (unpaired) electrons. The fraction of sp³-hybridized carbons (Fsp3) is 0.200. The van der Waals surface area contributed by atoms with Crippen LogP contribution in [-0.4, -0.2) is 60.8 Å². The van der Waals surface area contributed by atoms with E-state index in [0.29, 0.717) is 17.6 Å². The largest absolute Gasteiger partial charge is 0.496 e. The quantitative estimate of drug-likeness (QED) is 0.216. The van der Waals surface area contributed by atoms with Crippen LogP contribution in [-0.2, 0) is 17.2 Å². The van der Waals surface area contributed by atoms with Crippen LogP contribution in [0.2, 0.25) is 0 Å². The topological polar surface area (TPSA) is 114 Å². The summed E-state index contributed by atoms with van der Waals surface area (Å²) in [5, 5.41) is 21.5. The summed E-state index contributed by atoms with van der Waals surface area (Å²) in [4.78, 5) is 11.5. The molecular formula is C20H20N8O3S. The molecule has 0 aliphatic rings. The van der Waals surface area contributed by atoms with Crippen LogP contribution < -0.4 is 4.74 Å². The van der Waals surface area contributed by atoms with E-state index in [0.717, 1.165) is 16.9 Å². The van der Waals surface area contributed by atoms with Crippen LogP contribution in [0.25, 0.3) is 0 Å². The Balaban J connectivity index is 1.45. The van der Waals surface area contributed by atoms with E-state index in [-0.39, 0.29) is 5.69 Å². The molecule has 3 heterocycles. The van der Waals surface area contributed by atoms with Gasteiger partial charge in [-0.15, -0.1) is 10.2 Å². The molecule has 4 rings (SSSR count). The Morgan fingerprint density at radius 2 is 2.12 bits per heavy atom. The first-order chi connectivity index (χ1) is 15.7. The summed E-state index contributed by atoms with van der Waals surface area (Å²) in [6.45, 7) is 0.586. The lowest BCUT2D eigenvalue weighted by Crippen LogP contribution is -2.04. The molecule has 0 amide bonds. The fourth-order valence-corrected chi connectivity index (χ4v) is 3.59. The van der Waals surface area contributed by atoms with Crippen molar-refractivity contribution in [1.82, 2.24) is 34.4 Å². The van der Waals surface area contributed by atoms with Gasteiger partial charge in [-0.2, -0.15) is 20.0 Å². The van der Waals surface area contributed by atoms with Crippen LogP contribution in [0, 0.1) is 0 Å². The zero-order chi connectivity index (χ0) is 22.3. The number of hydrogen-bond donors (Lipinski definition) is 0. The monoisotopic (exact) mass is 452 g/mol. The molecule has 0 spiro atoms. The molecule has 1 aromatic carbocycles. The van der Waals surface area contributed by atoms with Crippen molar-refractivity contribution >= 4 is 23.9 Å². The van der Waals surface area contributed by atoms with Gasteiger partial charge < -0.3 is 9.47 Å². The number of carbonyl (C=O) groups is 1. The molecule has 12 heteroatoms. The normalized spacial score (nSPS) is 11.2. The number of nitrogens with zero attached hydrogens (tertiary/aromatic N) is 8. The van der Waals surface area contributed by atoms with Crippen LogP contribution in [0.5, 0.6) is 5.75 Å². The van der Waals surface area contributed by atoms with Gasteiger partial charge in [0.1, 0.15) is 12.1 Å². The van der Waals surface area contributed by atoms with Crippen LogP contribution in [0.3, 0.4) is 0 Å². The Morgan fingerprint density at radius 3 is 2.91 bits per heavy atom. The van der Waals surface area contributed by atoms with Crippen molar-refractivity contribution in [3.63, 3.8) is 0 Å². The van der Waals surface area contributed by atoms with E-state index in [1.807, 2.05) is 35.1 Å². The maximum atomic E-state index is 11.5. The predicted molar refractivity (Wildman–Crippen MR) is 117 cm³/mol. The summed E-state index contributed by atoms with van der Waals surface area (Å²) in [6.07, 6.45) is 8.58. The van der Waals surface area contributed by atoms with Gasteiger partial charge in [0.25, 0.3) is 0 Å². The van der Waals surface area contributed by atoms with Crippen molar-refractivity contribution in [2.24, 2.45) is 5.10 Å². The minimum atomic E-state index is -0.479. The summed E-state index contributed by atoms with van der Waals surface area (Å²) < 4.78 is 15.1. The number of aromatic nitrogens is 7. The summed E-state index contributed by atoms with van der Waals surface area (Å²) in [7, 11) is 2.96. The van der Waals surface area contributed by atoms with E-state index in [9.17, 15) is 4.79 Å². The molecule has 0 saturated carbocycles. The van der Waals surface area contributed by atoms with Gasteiger partial charge in [-0.05, 0) is 35.9 Å². The number of rotatable bonds is 9. The van der Waals surface area contributed by atoms with Gasteiger partial charge in [-0.25, -0.2) is 4.79 Å². The molecule has 0 aliphatic carbocycles. The fourth-order valence-electron chi connectivity index (χ4n) is 2.86. The molecule has 0 unspecified atom stereocenters. The Morgan fingerprint density at radius 1 is 1.22 bits per heavy atom. The van der Waals surface area contributed by atoms with Gasteiger partial charge in [-0.3, -0.25) is 9.36 Å². The van der Waals surface area contributed by atoms with Crippen molar-refractivity contribution in [3.8, 4) is 5.75 Å². The molecule has 4 aromatic rings. The summed E-state index contributed by atoms with van der Waals surface area (Å²) in [6, 6.07) is 9.30. The Kier molecular flexibility index (Phi) is 6.60. The third-order valence-electron chi connectivity index (χ3n) is 4.39. The third-order valence-corrected chi connectivity index (χ3v) is 5.31. The highest BCUT2D eigenvalue weighted by Gasteiger charge is 2.11. The highest BCUT2D eigenvalue weighted by atomic mass is 32.2.